The molecule has 2 fully saturated rings. The van der Waals surface area contributed by atoms with Crippen molar-refractivity contribution in [2.75, 3.05) is 13.7 Å². The van der Waals surface area contributed by atoms with Crippen LogP contribution in [0.3, 0.4) is 0 Å². The molecule has 0 aromatic heterocycles. The number of alkyl halides is 3. The molecule has 0 radical (unpaired) electrons. The van der Waals surface area contributed by atoms with Gasteiger partial charge in [0.2, 0.25) is 3.79 Å². The molecule has 1 aromatic carbocycles. The number of halogens is 3. The molecule has 2 saturated heterocycles. The normalized spacial score (nSPS) is 26.2. The van der Waals surface area contributed by atoms with Crippen molar-refractivity contribution in [3.05, 3.63) is 42.0 Å². The molecule has 2 aliphatic heterocycles. The topological polar surface area (TPSA) is 55.8 Å². The second-order valence-corrected chi connectivity index (χ2v) is 10.2. The largest absolute Gasteiger partial charge is 0.469 e. The van der Waals surface area contributed by atoms with E-state index in [1.165, 1.54) is 7.11 Å². The van der Waals surface area contributed by atoms with Gasteiger partial charge in [0.1, 0.15) is 6.61 Å². The molecule has 4 unspecified atom stereocenters. The van der Waals surface area contributed by atoms with Gasteiger partial charge >= 0.3 is 12.1 Å². The van der Waals surface area contributed by atoms with Gasteiger partial charge < -0.3 is 14.4 Å². The first kappa shape index (κ1) is 22.3. The van der Waals surface area contributed by atoms with Crippen molar-refractivity contribution in [3.8, 4) is 0 Å². The van der Waals surface area contributed by atoms with Crippen LogP contribution in [0.2, 0.25) is 0 Å². The molecule has 0 saturated carbocycles. The Balaban J connectivity index is 1.86. The van der Waals surface area contributed by atoms with Crippen molar-refractivity contribution in [2.45, 2.75) is 48.0 Å². The quantitative estimate of drug-likeness (QED) is 0.450. The number of hydrogen-bond acceptors (Lipinski definition) is 4. The highest BCUT2D eigenvalue weighted by Gasteiger charge is 2.53. The number of piperidine rings is 1. The van der Waals surface area contributed by atoms with Crippen molar-refractivity contribution in [1.82, 2.24) is 4.90 Å². The summed E-state index contributed by atoms with van der Waals surface area (Å²) >= 11 is 17.1. The van der Waals surface area contributed by atoms with Crippen molar-refractivity contribution in [2.24, 2.45) is 5.92 Å². The van der Waals surface area contributed by atoms with E-state index in [0.29, 0.717) is 12.8 Å². The Bertz CT molecular complexity index is 790. The van der Waals surface area contributed by atoms with Crippen LogP contribution in [-0.2, 0) is 14.3 Å². The molecule has 158 valence electrons. The van der Waals surface area contributed by atoms with Crippen LogP contribution in [0, 0.1) is 5.92 Å². The number of benzene rings is 1. The molecule has 0 N–H and O–H groups in total. The number of methoxy groups -OCH3 is 1. The third-order valence-corrected chi connectivity index (χ3v) is 6.12. The summed E-state index contributed by atoms with van der Waals surface area (Å²) < 4.78 is 8.62. The molecule has 29 heavy (non-hydrogen) atoms. The minimum absolute atomic E-state index is 0.0328. The third kappa shape index (κ3) is 4.84. The van der Waals surface area contributed by atoms with E-state index in [9.17, 15) is 9.59 Å². The smallest absolute Gasteiger partial charge is 0.410 e. The Morgan fingerprint density at radius 2 is 1.86 bits per heavy atom. The first-order chi connectivity index (χ1) is 13.6. The van der Waals surface area contributed by atoms with Crippen LogP contribution in [0.15, 0.2) is 30.8 Å². The van der Waals surface area contributed by atoms with E-state index in [0.717, 1.165) is 23.1 Å². The van der Waals surface area contributed by atoms with Gasteiger partial charge in [-0.05, 0) is 37.3 Å². The molecule has 4 atom stereocenters. The molecule has 5 nitrogen and oxygen atoms in total. The second kappa shape index (κ2) is 8.75. The van der Waals surface area contributed by atoms with E-state index in [1.54, 1.807) is 4.90 Å². The predicted molar refractivity (Wildman–Crippen MR) is 114 cm³/mol. The van der Waals surface area contributed by atoms with Crippen LogP contribution in [-0.4, -0.2) is 46.6 Å². The van der Waals surface area contributed by atoms with Crippen LogP contribution in [0.4, 0.5) is 4.79 Å². The van der Waals surface area contributed by atoms with Crippen LogP contribution in [0.25, 0.3) is 5.57 Å². The standard InChI is InChI=1S/C21H24Cl3NO4/c1-12(2)13-4-6-14(7-5-13)16-10-15-8-9-17(18(16)19(26)28-3)25(15)20(27)29-11-21(22,23)24/h4-7,15-18H,1,8-11H2,2-3H3. The van der Waals surface area contributed by atoms with Gasteiger partial charge in [0.15, 0.2) is 0 Å². The molecule has 1 aromatic rings. The lowest BCUT2D eigenvalue weighted by Crippen LogP contribution is -2.53. The molecule has 0 aliphatic carbocycles. The van der Waals surface area contributed by atoms with Gasteiger partial charge in [0.05, 0.1) is 13.0 Å². The number of hydrogen-bond donors (Lipinski definition) is 0. The number of nitrogens with zero attached hydrogens (tertiary/aromatic N) is 1. The first-order valence-electron chi connectivity index (χ1n) is 9.48. The minimum atomic E-state index is -1.68. The van der Waals surface area contributed by atoms with Crippen LogP contribution in [0.1, 0.15) is 43.2 Å². The lowest BCUT2D eigenvalue weighted by atomic mass is 9.76. The monoisotopic (exact) mass is 459 g/mol. The summed E-state index contributed by atoms with van der Waals surface area (Å²) in [6.45, 7) is 5.57. The van der Waals surface area contributed by atoms with Gasteiger partial charge in [-0.15, -0.1) is 0 Å². The van der Waals surface area contributed by atoms with E-state index in [1.807, 2.05) is 31.2 Å². The zero-order valence-corrected chi connectivity index (χ0v) is 18.6. The average Bonchev–Trinajstić information content (AvgIpc) is 2.98. The van der Waals surface area contributed by atoms with Gasteiger partial charge in [0.25, 0.3) is 0 Å². The number of carbonyl (C=O) groups excluding carboxylic acids is 2. The molecule has 0 spiro atoms. The zero-order chi connectivity index (χ0) is 21.3. The molecule has 2 aliphatic rings. The first-order valence-corrected chi connectivity index (χ1v) is 10.6. The maximum Gasteiger partial charge on any atom is 0.410 e. The van der Waals surface area contributed by atoms with E-state index in [4.69, 9.17) is 44.3 Å². The summed E-state index contributed by atoms with van der Waals surface area (Å²) in [7, 11) is 1.37. The number of fused-ring (bicyclic) bond motifs is 2. The van der Waals surface area contributed by atoms with Gasteiger partial charge in [-0.1, -0.05) is 71.2 Å². The predicted octanol–water partition coefficient (Wildman–Crippen LogP) is 5.34. The fourth-order valence-electron chi connectivity index (χ4n) is 4.52. The molecule has 2 heterocycles. The molecule has 3 rings (SSSR count). The number of esters is 1. The minimum Gasteiger partial charge on any atom is -0.469 e. The van der Waals surface area contributed by atoms with Gasteiger partial charge in [-0.2, -0.15) is 0 Å². The summed E-state index contributed by atoms with van der Waals surface area (Å²) in [5.74, 6) is -0.852. The Morgan fingerprint density at radius 3 is 2.41 bits per heavy atom. The number of rotatable bonds is 4. The molecule has 1 amide bonds. The van der Waals surface area contributed by atoms with Gasteiger partial charge in [0, 0.05) is 18.0 Å². The van der Waals surface area contributed by atoms with Crippen LogP contribution >= 0.6 is 34.8 Å². The summed E-state index contributed by atoms with van der Waals surface area (Å²) in [4.78, 5) is 27.0. The summed E-state index contributed by atoms with van der Waals surface area (Å²) in [5.41, 5.74) is 3.09. The van der Waals surface area contributed by atoms with E-state index in [2.05, 4.69) is 6.58 Å². The molecular formula is C21H24Cl3NO4. The maximum absolute atomic E-state index is 12.7. The third-order valence-electron chi connectivity index (χ3n) is 5.80. The fraction of sp³-hybridized carbons (Fsp3) is 0.524. The second-order valence-electron chi connectivity index (χ2n) is 7.67. The van der Waals surface area contributed by atoms with Crippen molar-refractivity contribution in [1.29, 1.82) is 0 Å². The fourth-order valence-corrected chi connectivity index (χ4v) is 4.69. The lowest BCUT2D eigenvalue weighted by molar-refractivity contribution is -0.150. The Hall–Kier alpha value is -1.43. The number of carbonyl (C=O) groups is 2. The zero-order valence-electron chi connectivity index (χ0n) is 16.4. The van der Waals surface area contributed by atoms with Crippen molar-refractivity contribution in [3.63, 3.8) is 0 Å². The summed E-state index contributed by atoms with van der Waals surface area (Å²) in [6.07, 6.45) is 1.58. The number of allylic oxidation sites excluding steroid dienone is 1. The van der Waals surface area contributed by atoms with Crippen molar-refractivity contribution >= 4 is 52.4 Å². The average molecular weight is 461 g/mol. The highest BCUT2D eigenvalue weighted by Crippen LogP contribution is 2.48. The Morgan fingerprint density at radius 1 is 1.21 bits per heavy atom. The molecule has 8 heteroatoms. The highest BCUT2D eigenvalue weighted by molar-refractivity contribution is 6.67. The highest BCUT2D eigenvalue weighted by atomic mass is 35.6. The van der Waals surface area contributed by atoms with Crippen molar-refractivity contribution < 1.29 is 19.1 Å². The van der Waals surface area contributed by atoms with Gasteiger partial charge in [-0.25, -0.2) is 4.79 Å². The van der Waals surface area contributed by atoms with Crippen LogP contribution < -0.4 is 0 Å². The number of ether oxygens (including phenoxy) is 2. The Kier molecular flexibility index (Phi) is 6.71. The molecular weight excluding hydrogens is 437 g/mol. The lowest BCUT2D eigenvalue weighted by Gasteiger charge is -2.43. The van der Waals surface area contributed by atoms with E-state index < -0.39 is 15.8 Å². The van der Waals surface area contributed by atoms with E-state index >= 15 is 0 Å². The molecule has 2 bridgehead atoms. The van der Waals surface area contributed by atoms with E-state index in [-0.39, 0.29) is 30.6 Å². The maximum atomic E-state index is 12.7. The SMILES string of the molecule is C=C(C)c1ccc(C2CC3CCC(C2C(=O)OC)N3C(=O)OCC(Cl)(Cl)Cl)cc1. The summed E-state index contributed by atoms with van der Waals surface area (Å²) in [6, 6.07) is 7.73. The van der Waals surface area contributed by atoms with Gasteiger partial charge in [-0.3, -0.25) is 4.79 Å². The van der Waals surface area contributed by atoms with Crippen LogP contribution in [0.5, 0.6) is 0 Å². The number of amides is 1. The summed E-state index contributed by atoms with van der Waals surface area (Å²) in [5, 5.41) is 0. The Labute approximate surface area is 185 Å².